The Morgan fingerprint density at radius 3 is 2.73 bits per heavy atom. The lowest BCUT2D eigenvalue weighted by atomic mass is 9.91. The molecule has 0 bridgehead atoms. The third-order valence-electron chi connectivity index (χ3n) is 3.15. The van der Waals surface area contributed by atoms with Crippen LogP contribution in [0, 0.1) is 5.82 Å². The Kier molecular flexibility index (Phi) is 2.71. The molecule has 1 aromatic rings. The number of nitrogens with zero attached hydrogens (tertiary/aromatic N) is 1. The van der Waals surface area contributed by atoms with E-state index in [0.29, 0.717) is 18.0 Å². The molecule has 0 spiro atoms. The Morgan fingerprint density at radius 2 is 2.20 bits per heavy atom. The molecule has 1 aromatic carbocycles. The van der Waals surface area contributed by atoms with Crippen molar-refractivity contribution in [2.24, 2.45) is 0 Å². The summed E-state index contributed by atoms with van der Waals surface area (Å²) in [7, 11) is 1.92. The van der Waals surface area contributed by atoms with Gasteiger partial charge in [-0.15, -0.1) is 0 Å². The molecule has 1 aliphatic carbocycles. The average Bonchev–Trinajstić information content (AvgIpc) is 2.14. The molecule has 0 saturated heterocycles. The van der Waals surface area contributed by atoms with Gasteiger partial charge in [-0.05, 0) is 31.4 Å². The van der Waals surface area contributed by atoms with E-state index in [2.05, 4.69) is 0 Å². The van der Waals surface area contributed by atoms with Gasteiger partial charge < -0.3 is 4.90 Å². The van der Waals surface area contributed by atoms with E-state index in [0.717, 1.165) is 12.8 Å². The van der Waals surface area contributed by atoms with E-state index in [9.17, 15) is 9.18 Å². The van der Waals surface area contributed by atoms with Crippen LogP contribution < -0.4 is 4.90 Å². The zero-order valence-corrected chi connectivity index (χ0v) is 8.74. The monoisotopic (exact) mass is 207 g/mol. The van der Waals surface area contributed by atoms with Crippen LogP contribution in [0.2, 0.25) is 0 Å². The van der Waals surface area contributed by atoms with Crippen LogP contribution in [-0.4, -0.2) is 19.4 Å². The Labute approximate surface area is 88.7 Å². The van der Waals surface area contributed by atoms with E-state index in [1.165, 1.54) is 12.5 Å². The van der Waals surface area contributed by atoms with Crippen LogP contribution in [0.15, 0.2) is 18.2 Å². The molecule has 2 nitrogen and oxygen atoms in total. The average molecular weight is 207 g/mol. The number of hydrogen-bond donors (Lipinski definition) is 0. The molecule has 15 heavy (non-hydrogen) atoms. The molecule has 0 aliphatic heterocycles. The molecule has 0 amide bonds. The van der Waals surface area contributed by atoms with Crippen LogP contribution in [0.4, 0.5) is 10.1 Å². The number of carbonyl (C=O) groups is 1. The summed E-state index contributed by atoms with van der Waals surface area (Å²) >= 11 is 0. The highest BCUT2D eigenvalue weighted by molar-refractivity contribution is 5.85. The number of halogens is 1. The van der Waals surface area contributed by atoms with E-state index in [4.69, 9.17) is 0 Å². The summed E-state index contributed by atoms with van der Waals surface area (Å²) in [6.45, 7) is 0. The molecule has 3 heteroatoms. The summed E-state index contributed by atoms with van der Waals surface area (Å²) in [5.74, 6) is -0.436. The van der Waals surface area contributed by atoms with Crippen molar-refractivity contribution in [1.82, 2.24) is 0 Å². The van der Waals surface area contributed by atoms with Gasteiger partial charge in [0.05, 0.1) is 11.3 Å². The second-order valence-electron chi connectivity index (χ2n) is 3.99. The maximum absolute atomic E-state index is 13.3. The van der Waals surface area contributed by atoms with E-state index in [1.807, 2.05) is 11.9 Å². The molecule has 0 aromatic heterocycles. The molecule has 0 radical (unpaired) electrons. The third-order valence-corrected chi connectivity index (χ3v) is 3.15. The molecule has 80 valence electrons. The largest absolute Gasteiger partial charge is 0.371 e. The van der Waals surface area contributed by atoms with Crippen molar-refractivity contribution in [3.05, 3.63) is 29.6 Å². The molecular formula is C12H14FNO. The lowest BCUT2D eigenvalue weighted by Gasteiger charge is -2.37. The highest BCUT2D eigenvalue weighted by Crippen LogP contribution is 2.30. The standard InChI is InChI=1S/C12H14FNO/c1-14(9-4-2-5-9)12-7-3-6-11(13)10(12)8-15/h3,6-9H,2,4-5H2,1H3. The van der Waals surface area contributed by atoms with Crippen LogP contribution in [0.5, 0.6) is 0 Å². The first-order valence-electron chi connectivity index (χ1n) is 5.20. The third kappa shape index (κ3) is 1.74. The van der Waals surface area contributed by atoms with Gasteiger partial charge in [-0.25, -0.2) is 4.39 Å². The fourth-order valence-corrected chi connectivity index (χ4v) is 1.92. The summed E-state index contributed by atoms with van der Waals surface area (Å²) in [5, 5.41) is 0. The van der Waals surface area contributed by atoms with E-state index >= 15 is 0 Å². The molecule has 2 rings (SSSR count). The lowest BCUT2D eigenvalue weighted by molar-refractivity contribution is 0.112. The van der Waals surface area contributed by atoms with Gasteiger partial charge >= 0.3 is 0 Å². The molecule has 0 atom stereocenters. The number of rotatable bonds is 3. The smallest absolute Gasteiger partial charge is 0.155 e. The molecule has 1 fully saturated rings. The lowest BCUT2D eigenvalue weighted by Crippen LogP contribution is -2.37. The van der Waals surface area contributed by atoms with Gasteiger partial charge in [0.25, 0.3) is 0 Å². The summed E-state index contributed by atoms with van der Waals surface area (Å²) in [6.07, 6.45) is 4.08. The normalized spacial score (nSPS) is 15.9. The summed E-state index contributed by atoms with van der Waals surface area (Å²) in [6, 6.07) is 5.23. The van der Waals surface area contributed by atoms with Crippen molar-refractivity contribution in [1.29, 1.82) is 0 Å². The molecule has 1 aliphatic rings. The predicted octanol–water partition coefficient (Wildman–Crippen LogP) is 2.63. The van der Waals surface area contributed by atoms with E-state index in [1.54, 1.807) is 12.1 Å². The summed E-state index contributed by atoms with van der Waals surface area (Å²) in [5.41, 5.74) is 0.876. The van der Waals surface area contributed by atoms with Crippen molar-refractivity contribution < 1.29 is 9.18 Å². The van der Waals surface area contributed by atoms with Gasteiger partial charge in [-0.3, -0.25) is 4.79 Å². The van der Waals surface area contributed by atoms with Crippen LogP contribution in [0.3, 0.4) is 0 Å². The topological polar surface area (TPSA) is 20.3 Å². The molecule has 0 unspecified atom stereocenters. The minimum atomic E-state index is -0.436. The minimum Gasteiger partial charge on any atom is -0.371 e. The van der Waals surface area contributed by atoms with Gasteiger partial charge in [0.2, 0.25) is 0 Å². The van der Waals surface area contributed by atoms with Gasteiger partial charge in [0, 0.05) is 13.1 Å². The highest BCUT2D eigenvalue weighted by Gasteiger charge is 2.24. The zero-order valence-electron chi connectivity index (χ0n) is 8.74. The SMILES string of the molecule is CN(c1cccc(F)c1C=O)C1CCC1. The Bertz CT molecular complexity index is 374. The number of anilines is 1. The van der Waals surface area contributed by atoms with Crippen molar-refractivity contribution in [3.63, 3.8) is 0 Å². The van der Waals surface area contributed by atoms with Gasteiger partial charge in [-0.2, -0.15) is 0 Å². The van der Waals surface area contributed by atoms with Gasteiger partial charge in [-0.1, -0.05) is 6.07 Å². The number of aldehydes is 1. The molecule has 0 N–H and O–H groups in total. The molecule has 1 saturated carbocycles. The Balaban J connectivity index is 2.33. The zero-order chi connectivity index (χ0) is 10.8. The van der Waals surface area contributed by atoms with Crippen LogP contribution >= 0.6 is 0 Å². The van der Waals surface area contributed by atoms with Crippen LogP contribution in [0.1, 0.15) is 29.6 Å². The predicted molar refractivity (Wildman–Crippen MR) is 57.8 cm³/mol. The Morgan fingerprint density at radius 1 is 1.47 bits per heavy atom. The quantitative estimate of drug-likeness (QED) is 0.710. The molecular weight excluding hydrogens is 193 g/mol. The van der Waals surface area contributed by atoms with Gasteiger partial charge in [0.1, 0.15) is 5.82 Å². The second-order valence-corrected chi connectivity index (χ2v) is 3.99. The second kappa shape index (κ2) is 4.01. The maximum Gasteiger partial charge on any atom is 0.155 e. The first kappa shape index (κ1) is 10.1. The fourth-order valence-electron chi connectivity index (χ4n) is 1.92. The van der Waals surface area contributed by atoms with Crippen LogP contribution in [0.25, 0.3) is 0 Å². The van der Waals surface area contributed by atoms with E-state index < -0.39 is 5.82 Å². The highest BCUT2D eigenvalue weighted by atomic mass is 19.1. The van der Waals surface area contributed by atoms with Crippen molar-refractivity contribution in [2.75, 3.05) is 11.9 Å². The van der Waals surface area contributed by atoms with Crippen LogP contribution in [-0.2, 0) is 0 Å². The summed E-state index contributed by atoms with van der Waals surface area (Å²) in [4.78, 5) is 12.8. The van der Waals surface area contributed by atoms with Crippen molar-refractivity contribution >= 4 is 12.0 Å². The summed E-state index contributed by atoms with van der Waals surface area (Å²) < 4.78 is 13.3. The number of carbonyl (C=O) groups excluding carboxylic acids is 1. The Hall–Kier alpha value is -1.38. The van der Waals surface area contributed by atoms with Crippen molar-refractivity contribution in [3.8, 4) is 0 Å². The maximum atomic E-state index is 13.3. The number of hydrogen-bond acceptors (Lipinski definition) is 2. The van der Waals surface area contributed by atoms with Crippen molar-refractivity contribution in [2.45, 2.75) is 25.3 Å². The molecule has 0 heterocycles. The first-order chi connectivity index (χ1) is 7.24. The van der Waals surface area contributed by atoms with E-state index in [-0.39, 0.29) is 5.56 Å². The number of benzene rings is 1. The minimum absolute atomic E-state index is 0.173. The fraction of sp³-hybridized carbons (Fsp3) is 0.417. The van der Waals surface area contributed by atoms with Gasteiger partial charge in [0.15, 0.2) is 6.29 Å². The first-order valence-corrected chi connectivity index (χ1v) is 5.20.